The summed E-state index contributed by atoms with van der Waals surface area (Å²) in [6.45, 7) is 17.5. The van der Waals surface area contributed by atoms with Gasteiger partial charge in [0.15, 0.2) is 5.78 Å². The standard InChI is InChI=1S/C34H50FN3O2/c1-7-19-38(8-2,24-30(39)23-31-27(5)21-29(35)22-28(31)6)20-12-11-18-37-17-10-9-16-32(37)34(40)36-33-25(3)14-13-15-26(33)4/h13-15,21-22,32H,7-12,16-20,23-24H2,1-6H3/p+1. The third kappa shape index (κ3) is 8.47. The van der Waals surface area contributed by atoms with E-state index in [0.717, 1.165) is 109 Å². The van der Waals surface area contributed by atoms with Crippen molar-refractivity contribution in [2.75, 3.05) is 44.6 Å². The molecule has 0 radical (unpaired) electrons. The van der Waals surface area contributed by atoms with Crippen molar-refractivity contribution in [3.63, 3.8) is 0 Å². The number of rotatable bonds is 14. The van der Waals surface area contributed by atoms with Crippen molar-refractivity contribution < 1.29 is 18.5 Å². The zero-order valence-corrected chi connectivity index (χ0v) is 25.7. The van der Waals surface area contributed by atoms with Gasteiger partial charge < -0.3 is 9.80 Å². The number of likely N-dealkylation sites (N-methyl/N-ethyl adjacent to an activating group) is 1. The van der Waals surface area contributed by atoms with E-state index in [0.29, 0.717) is 13.0 Å². The molecule has 2 aromatic carbocycles. The minimum atomic E-state index is -0.241. The number of likely N-dealkylation sites (tertiary alicyclic amines) is 1. The fraction of sp³-hybridized carbons (Fsp3) is 0.588. The quantitative estimate of drug-likeness (QED) is 0.210. The number of nitrogens with one attached hydrogen (secondary N) is 1. The van der Waals surface area contributed by atoms with E-state index in [-0.39, 0.29) is 23.5 Å². The molecule has 2 atom stereocenters. The highest BCUT2D eigenvalue weighted by molar-refractivity contribution is 5.96. The number of anilines is 1. The van der Waals surface area contributed by atoms with Gasteiger partial charge >= 0.3 is 0 Å². The third-order valence-electron chi connectivity index (χ3n) is 8.89. The molecule has 1 N–H and O–H groups in total. The number of ketones is 1. The average molecular weight is 553 g/mol. The highest BCUT2D eigenvalue weighted by atomic mass is 19.1. The monoisotopic (exact) mass is 552 g/mol. The highest BCUT2D eigenvalue weighted by Crippen LogP contribution is 2.24. The summed E-state index contributed by atoms with van der Waals surface area (Å²) in [6, 6.07) is 9.08. The summed E-state index contributed by atoms with van der Waals surface area (Å²) in [5.41, 5.74) is 5.81. The van der Waals surface area contributed by atoms with Crippen molar-refractivity contribution in [1.82, 2.24) is 4.90 Å². The summed E-state index contributed by atoms with van der Waals surface area (Å²) in [6.07, 6.45) is 6.56. The summed E-state index contributed by atoms with van der Waals surface area (Å²) < 4.78 is 14.6. The zero-order chi connectivity index (χ0) is 29.3. The van der Waals surface area contributed by atoms with Crippen molar-refractivity contribution in [3.8, 4) is 0 Å². The molecule has 2 aromatic rings. The van der Waals surface area contributed by atoms with Crippen LogP contribution in [0.2, 0.25) is 0 Å². The first kappa shape index (κ1) is 32.0. The lowest BCUT2D eigenvalue weighted by Gasteiger charge is -2.38. The van der Waals surface area contributed by atoms with Gasteiger partial charge in [-0.05, 0) is 120 Å². The number of para-hydroxylation sites is 1. The number of hydrogen-bond acceptors (Lipinski definition) is 3. The van der Waals surface area contributed by atoms with Gasteiger partial charge in [0, 0.05) is 12.1 Å². The second-order valence-corrected chi connectivity index (χ2v) is 12.0. The van der Waals surface area contributed by atoms with Crippen LogP contribution in [0.3, 0.4) is 0 Å². The van der Waals surface area contributed by atoms with Crippen LogP contribution in [0.4, 0.5) is 10.1 Å². The Morgan fingerprint density at radius 3 is 2.27 bits per heavy atom. The molecule has 5 nitrogen and oxygen atoms in total. The molecule has 1 aliphatic rings. The second kappa shape index (κ2) is 14.9. The molecular formula is C34H51FN3O2+. The van der Waals surface area contributed by atoms with Crippen LogP contribution >= 0.6 is 0 Å². The number of piperidine rings is 1. The lowest BCUT2D eigenvalue weighted by Crippen LogP contribution is -2.52. The SMILES string of the molecule is CCC[N+](CC)(CCCCN1CCCCC1C(=O)Nc1c(C)cccc1C)CC(=O)Cc1c(C)cc(F)cc1C. The fourth-order valence-electron chi connectivity index (χ4n) is 6.55. The van der Waals surface area contributed by atoms with Crippen molar-refractivity contribution in [1.29, 1.82) is 0 Å². The molecule has 1 amide bonds. The Labute approximate surface area is 241 Å². The van der Waals surface area contributed by atoms with E-state index < -0.39 is 0 Å². The van der Waals surface area contributed by atoms with Crippen LogP contribution in [0.25, 0.3) is 0 Å². The molecule has 0 saturated carbocycles. The van der Waals surface area contributed by atoms with E-state index in [2.05, 4.69) is 24.1 Å². The molecule has 40 heavy (non-hydrogen) atoms. The number of unbranched alkanes of at least 4 members (excludes halogenated alkanes) is 1. The molecule has 1 aliphatic heterocycles. The van der Waals surface area contributed by atoms with E-state index in [1.165, 1.54) is 12.1 Å². The minimum absolute atomic E-state index is 0.0856. The van der Waals surface area contributed by atoms with Crippen LogP contribution < -0.4 is 5.32 Å². The van der Waals surface area contributed by atoms with Gasteiger partial charge in [-0.2, -0.15) is 0 Å². The molecule has 0 bridgehead atoms. The predicted octanol–water partition coefficient (Wildman–Crippen LogP) is 6.69. The molecule has 0 spiro atoms. The normalized spacial score (nSPS) is 17.4. The highest BCUT2D eigenvalue weighted by Gasteiger charge is 2.31. The molecule has 1 saturated heterocycles. The van der Waals surface area contributed by atoms with Crippen molar-refractivity contribution in [2.45, 2.75) is 92.5 Å². The predicted molar refractivity (Wildman–Crippen MR) is 163 cm³/mol. The summed E-state index contributed by atoms with van der Waals surface area (Å²) in [5, 5.41) is 3.23. The first-order chi connectivity index (χ1) is 19.1. The number of Topliss-reactive ketones (excluding diaryl/α,β-unsaturated/α-hetero) is 1. The molecule has 0 aliphatic carbocycles. The number of benzene rings is 2. The van der Waals surface area contributed by atoms with E-state index in [1.807, 2.05) is 45.9 Å². The lowest BCUT2D eigenvalue weighted by molar-refractivity contribution is -0.919. The Balaban J connectivity index is 1.58. The largest absolute Gasteiger partial charge is 0.324 e. The zero-order valence-electron chi connectivity index (χ0n) is 25.7. The molecule has 1 heterocycles. The topological polar surface area (TPSA) is 49.4 Å². The first-order valence-electron chi connectivity index (χ1n) is 15.3. The van der Waals surface area contributed by atoms with Gasteiger partial charge in [0.25, 0.3) is 0 Å². The Morgan fingerprint density at radius 2 is 1.65 bits per heavy atom. The van der Waals surface area contributed by atoms with Gasteiger partial charge in [-0.1, -0.05) is 31.5 Å². The van der Waals surface area contributed by atoms with Gasteiger partial charge in [-0.25, -0.2) is 4.39 Å². The summed E-state index contributed by atoms with van der Waals surface area (Å²) in [4.78, 5) is 29.0. The number of carbonyl (C=O) groups is 2. The van der Waals surface area contributed by atoms with Crippen LogP contribution in [0.1, 0.15) is 80.2 Å². The lowest BCUT2D eigenvalue weighted by atomic mass is 9.97. The third-order valence-corrected chi connectivity index (χ3v) is 8.89. The number of nitrogens with zero attached hydrogens (tertiary/aromatic N) is 2. The van der Waals surface area contributed by atoms with Crippen molar-refractivity contribution in [3.05, 3.63) is 64.0 Å². The molecule has 0 aromatic heterocycles. The average Bonchev–Trinajstić information content (AvgIpc) is 2.91. The van der Waals surface area contributed by atoms with Crippen LogP contribution in [-0.2, 0) is 16.0 Å². The number of quaternary nitrogens is 1. The molecule has 3 rings (SSSR count). The van der Waals surface area contributed by atoms with Crippen LogP contribution in [-0.4, -0.2) is 66.4 Å². The Bertz CT molecular complexity index is 1120. The van der Waals surface area contributed by atoms with Gasteiger partial charge in [0.05, 0.1) is 25.7 Å². The number of hydrogen-bond donors (Lipinski definition) is 1. The Hall–Kier alpha value is -2.57. The van der Waals surface area contributed by atoms with E-state index in [1.54, 1.807) is 0 Å². The fourth-order valence-corrected chi connectivity index (χ4v) is 6.55. The van der Waals surface area contributed by atoms with Gasteiger partial charge in [0.1, 0.15) is 12.4 Å². The van der Waals surface area contributed by atoms with Gasteiger partial charge in [-0.3, -0.25) is 14.5 Å². The molecule has 2 unspecified atom stereocenters. The maximum atomic E-state index is 13.8. The molecular weight excluding hydrogens is 501 g/mol. The minimum Gasteiger partial charge on any atom is -0.324 e. The first-order valence-corrected chi connectivity index (χ1v) is 15.3. The number of carbonyl (C=O) groups excluding carboxylic acids is 2. The summed E-state index contributed by atoms with van der Waals surface area (Å²) in [7, 11) is 0. The Morgan fingerprint density at radius 1 is 0.975 bits per heavy atom. The van der Waals surface area contributed by atoms with Crippen molar-refractivity contribution in [2.24, 2.45) is 0 Å². The maximum Gasteiger partial charge on any atom is 0.241 e. The molecule has 220 valence electrons. The van der Waals surface area contributed by atoms with Crippen LogP contribution in [0, 0.1) is 33.5 Å². The summed E-state index contributed by atoms with van der Waals surface area (Å²) in [5.74, 6) is 0.0979. The molecule has 1 fully saturated rings. The van der Waals surface area contributed by atoms with Crippen LogP contribution in [0.5, 0.6) is 0 Å². The van der Waals surface area contributed by atoms with Gasteiger partial charge in [-0.15, -0.1) is 0 Å². The summed E-state index contributed by atoms with van der Waals surface area (Å²) >= 11 is 0. The maximum absolute atomic E-state index is 13.8. The number of halogens is 1. The smallest absolute Gasteiger partial charge is 0.241 e. The molecule has 6 heteroatoms. The number of amides is 1. The van der Waals surface area contributed by atoms with Crippen molar-refractivity contribution >= 4 is 17.4 Å². The Kier molecular flexibility index (Phi) is 11.9. The van der Waals surface area contributed by atoms with E-state index in [4.69, 9.17) is 0 Å². The van der Waals surface area contributed by atoms with Crippen LogP contribution in [0.15, 0.2) is 30.3 Å². The number of aryl methyl sites for hydroxylation is 4. The second-order valence-electron chi connectivity index (χ2n) is 12.0. The van der Waals surface area contributed by atoms with E-state index >= 15 is 0 Å². The van der Waals surface area contributed by atoms with E-state index in [9.17, 15) is 14.0 Å². The van der Waals surface area contributed by atoms with Gasteiger partial charge in [0.2, 0.25) is 5.91 Å².